The number of nitrogen functional groups attached to an aromatic ring is 1. The maximum absolute atomic E-state index is 12.3. The van der Waals surface area contributed by atoms with E-state index in [0.29, 0.717) is 5.00 Å². The van der Waals surface area contributed by atoms with E-state index < -0.39 is 0 Å². The Bertz CT molecular complexity index is 394. The molecule has 2 N–H and O–H groups in total. The van der Waals surface area contributed by atoms with E-state index in [1.807, 2.05) is 11.0 Å². The van der Waals surface area contributed by atoms with Gasteiger partial charge >= 0.3 is 0 Å². The van der Waals surface area contributed by atoms with Gasteiger partial charge in [0.2, 0.25) is 0 Å². The van der Waals surface area contributed by atoms with Gasteiger partial charge in [-0.15, -0.1) is 11.3 Å². The zero-order valence-electron chi connectivity index (χ0n) is 10.4. The fraction of sp³-hybridized carbons (Fsp3) is 0.615. The van der Waals surface area contributed by atoms with Crippen LogP contribution in [0, 0.1) is 0 Å². The second kappa shape index (κ2) is 5.54. The molecule has 1 amide bonds. The second-order valence-corrected chi connectivity index (χ2v) is 5.76. The van der Waals surface area contributed by atoms with Gasteiger partial charge in [0, 0.05) is 18.0 Å². The third-order valence-electron chi connectivity index (χ3n) is 3.18. The van der Waals surface area contributed by atoms with Crippen LogP contribution < -0.4 is 5.73 Å². The third kappa shape index (κ3) is 2.80. The molecule has 2 rings (SSSR count). The molecule has 4 heteroatoms. The number of carbonyl (C=O) groups excluding carboxylic acids is 1. The van der Waals surface area contributed by atoms with E-state index in [-0.39, 0.29) is 5.91 Å². The molecular weight excluding hydrogens is 232 g/mol. The summed E-state index contributed by atoms with van der Waals surface area (Å²) in [7, 11) is 0. The van der Waals surface area contributed by atoms with E-state index in [1.54, 1.807) is 11.3 Å². The zero-order chi connectivity index (χ0) is 12.3. The first kappa shape index (κ1) is 12.4. The molecule has 94 valence electrons. The summed E-state index contributed by atoms with van der Waals surface area (Å²) in [5.74, 6) is 0.126. The first-order chi connectivity index (χ1) is 8.22. The highest BCUT2D eigenvalue weighted by atomic mass is 32.1. The largest absolute Gasteiger partial charge is 0.390 e. The minimum Gasteiger partial charge on any atom is -0.390 e. The van der Waals surface area contributed by atoms with E-state index in [0.717, 1.165) is 44.3 Å². The lowest BCUT2D eigenvalue weighted by molar-refractivity contribution is 0.0726. The fourth-order valence-corrected chi connectivity index (χ4v) is 3.28. The number of piperidine rings is 1. The standard InChI is InChI=1S/C13H20N2OS/c1-2-6-10-9-11(12(14)17-10)13(16)15-7-4-3-5-8-15/h9H,2-8,14H2,1H3. The van der Waals surface area contributed by atoms with Crippen LogP contribution in [0.4, 0.5) is 5.00 Å². The van der Waals surface area contributed by atoms with Crippen LogP contribution in [0.25, 0.3) is 0 Å². The summed E-state index contributed by atoms with van der Waals surface area (Å²) in [5.41, 5.74) is 6.67. The summed E-state index contributed by atoms with van der Waals surface area (Å²) < 4.78 is 0. The Hall–Kier alpha value is -1.03. The van der Waals surface area contributed by atoms with Crippen molar-refractivity contribution < 1.29 is 4.79 Å². The Morgan fingerprint density at radius 2 is 2.12 bits per heavy atom. The van der Waals surface area contributed by atoms with Gasteiger partial charge in [0.25, 0.3) is 5.91 Å². The molecular formula is C13H20N2OS. The molecule has 17 heavy (non-hydrogen) atoms. The molecule has 1 aromatic heterocycles. The number of carbonyl (C=O) groups is 1. The van der Waals surface area contributed by atoms with E-state index in [2.05, 4.69) is 6.92 Å². The van der Waals surface area contributed by atoms with Crippen molar-refractivity contribution in [2.45, 2.75) is 39.0 Å². The van der Waals surface area contributed by atoms with Crippen molar-refractivity contribution >= 4 is 22.2 Å². The highest BCUT2D eigenvalue weighted by Gasteiger charge is 2.21. The topological polar surface area (TPSA) is 46.3 Å². The van der Waals surface area contributed by atoms with Crippen LogP contribution >= 0.6 is 11.3 Å². The number of likely N-dealkylation sites (tertiary alicyclic amines) is 1. The lowest BCUT2D eigenvalue weighted by atomic mass is 10.1. The number of amides is 1. The minimum absolute atomic E-state index is 0.126. The Balaban J connectivity index is 2.12. The van der Waals surface area contributed by atoms with Crippen molar-refractivity contribution in [1.82, 2.24) is 4.90 Å². The molecule has 1 aliphatic rings. The average molecular weight is 252 g/mol. The summed E-state index contributed by atoms with van der Waals surface area (Å²) in [6, 6.07) is 1.99. The van der Waals surface area contributed by atoms with Gasteiger partial charge in [-0.3, -0.25) is 4.79 Å². The number of nitrogens with zero attached hydrogens (tertiary/aromatic N) is 1. The lowest BCUT2D eigenvalue weighted by Crippen LogP contribution is -2.35. The van der Waals surface area contributed by atoms with Crippen molar-refractivity contribution in [3.05, 3.63) is 16.5 Å². The molecule has 0 aliphatic carbocycles. The predicted molar refractivity (Wildman–Crippen MR) is 72.5 cm³/mol. The van der Waals surface area contributed by atoms with E-state index >= 15 is 0 Å². The molecule has 1 aromatic rings. The molecule has 3 nitrogen and oxygen atoms in total. The Labute approximate surface area is 107 Å². The maximum Gasteiger partial charge on any atom is 0.256 e. The molecule has 0 unspecified atom stereocenters. The van der Waals surface area contributed by atoms with E-state index in [9.17, 15) is 4.79 Å². The first-order valence-corrected chi connectivity index (χ1v) is 7.21. The van der Waals surface area contributed by atoms with Gasteiger partial charge in [0.1, 0.15) is 0 Å². The van der Waals surface area contributed by atoms with Crippen molar-refractivity contribution in [2.75, 3.05) is 18.8 Å². The molecule has 0 saturated carbocycles. The van der Waals surface area contributed by atoms with Gasteiger partial charge in [-0.05, 0) is 31.7 Å². The SMILES string of the molecule is CCCc1cc(C(=O)N2CCCCC2)c(N)s1. The van der Waals surface area contributed by atoms with Gasteiger partial charge in [0.05, 0.1) is 10.6 Å². The van der Waals surface area contributed by atoms with Gasteiger partial charge in [-0.2, -0.15) is 0 Å². The Morgan fingerprint density at radius 3 is 2.76 bits per heavy atom. The van der Waals surface area contributed by atoms with Crippen LogP contribution in [0.3, 0.4) is 0 Å². The Morgan fingerprint density at radius 1 is 1.41 bits per heavy atom. The Kier molecular flexibility index (Phi) is 4.05. The summed E-state index contributed by atoms with van der Waals surface area (Å²) in [5, 5.41) is 0.684. The summed E-state index contributed by atoms with van der Waals surface area (Å²) >= 11 is 1.56. The number of nitrogens with two attached hydrogens (primary N) is 1. The predicted octanol–water partition coefficient (Wildman–Crippen LogP) is 2.91. The van der Waals surface area contributed by atoms with Gasteiger partial charge in [-0.25, -0.2) is 0 Å². The fourth-order valence-electron chi connectivity index (χ4n) is 2.26. The minimum atomic E-state index is 0.126. The van der Waals surface area contributed by atoms with Crippen LogP contribution in [0.5, 0.6) is 0 Å². The molecule has 0 atom stereocenters. The number of thiophene rings is 1. The average Bonchev–Trinajstić information content (AvgIpc) is 2.71. The molecule has 0 bridgehead atoms. The quantitative estimate of drug-likeness (QED) is 0.899. The molecule has 0 radical (unpaired) electrons. The number of aryl methyl sites for hydroxylation is 1. The van der Waals surface area contributed by atoms with E-state index in [1.165, 1.54) is 11.3 Å². The van der Waals surface area contributed by atoms with Crippen molar-refractivity contribution in [2.24, 2.45) is 0 Å². The normalized spacial score (nSPS) is 16.2. The molecule has 1 saturated heterocycles. The van der Waals surface area contributed by atoms with Crippen LogP contribution in [0.2, 0.25) is 0 Å². The van der Waals surface area contributed by atoms with E-state index in [4.69, 9.17) is 5.73 Å². The smallest absolute Gasteiger partial charge is 0.256 e. The monoisotopic (exact) mass is 252 g/mol. The number of hydrogen-bond donors (Lipinski definition) is 1. The van der Waals surface area contributed by atoms with Crippen LogP contribution in [-0.4, -0.2) is 23.9 Å². The second-order valence-electron chi connectivity index (χ2n) is 4.59. The van der Waals surface area contributed by atoms with Gasteiger partial charge in [0.15, 0.2) is 0 Å². The molecule has 1 aliphatic heterocycles. The maximum atomic E-state index is 12.3. The van der Waals surface area contributed by atoms with Gasteiger partial charge in [-0.1, -0.05) is 13.3 Å². The highest BCUT2D eigenvalue weighted by Crippen LogP contribution is 2.28. The number of rotatable bonds is 3. The van der Waals surface area contributed by atoms with Crippen LogP contribution in [0.1, 0.15) is 47.8 Å². The molecule has 1 fully saturated rings. The zero-order valence-corrected chi connectivity index (χ0v) is 11.2. The number of anilines is 1. The summed E-state index contributed by atoms with van der Waals surface area (Å²) in [4.78, 5) is 15.5. The molecule has 0 aromatic carbocycles. The molecule has 2 heterocycles. The van der Waals surface area contributed by atoms with Crippen molar-refractivity contribution in [3.63, 3.8) is 0 Å². The van der Waals surface area contributed by atoms with Crippen LogP contribution in [0.15, 0.2) is 6.07 Å². The van der Waals surface area contributed by atoms with Crippen LogP contribution in [-0.2, 0) is 6.42 Å². The third-order valence-corrected chi connectivity index (χ3v) is 4.21. The first-order valence-electron chi connectivity index (χ1n) is 6.40. The lowest BCUT2D eigenvalue weighted by Gasteiger charge is -2.26. The number of hydrogen-bond acceptors (Lipinski definition) is 3. The van der Waals surface area contributed by atoms with Crippen molar-refractivity contribution in [3.8, 4) is 0 Å². The summed E-state index contributed by atoms with van der Waals surface area (Å²) in [6.07, 6.45) is 5.60. The highest BCUT2D eigenvalue weighted by molar-refractivity contribution is 7.16. The summed E-state index contributed by atoms with van der Waals surface area (Å²) in [6.45, 7) is 3.91. The van der Waals surface area contributed by atoms with Gasteiger partial charge < -0.3 is 10.6 Å². The molecule has 0 spiro atoms. The van der Waals surface area contributed by atoms with Crippen molar-refractivity contribution in [1.29, 1.82) is 0 Å².